The number of nitrogens with one attached hydrogen (secondary N) is 2. The van der Waals surface area contributed by atoms with Crippen molar-refractivity contribution in [3.8, 4) is 17.6 Å². The number of aromatic nitrogens is 2. The van der Waals surface area contributed by atoms with Crippen molar-refractivity contribution in [2.45, 2.75) is 64.1 Å². The van der Waals surface area contributed by atoms with Crippen LogP contribution in [0.3, 0.4) is 0 Å². The fourth-order valence-electron chi connectivity index (χ4n) is 4.51. The van der Waals surface area contributed by atoms with Crippen molar-refractivity contribution < 1.29 is 19.2 Å². The highest BCUT2D eigenvalue weighted by atomic mass is 16.5. The first-order valence-corrected chi connectivity index (χ1v) is 15.0. The van der Waals surface area contributed by atoms with Gasteiger partial charge in [0.1, 0.15) is 11.8 Å². The number of nitrogens with zero attached hydrogens (tertiary/aromatic N) is 3. The maximum absolute atomic E-state index is 13.8. The Labute approximate surface area is 268 Å². The van der Waals surface area contributed by atoms with Crippen molar-refractivity contribution in [1.82, 2.24) is 20.8 Å². The minimum Gasteiger partial charge on any atom is -0.508 e. The van der Waals surface area contributed by atoms with Gasteiger partial charge in [-0.2, -0.15) is 4.98 Å². The molecule has 0 spiro atoms. The Morgan fingerprint density at radius 3 is 2.48 bits per heavy atom. The van der Waals surface area contributed by atoms with E-state index in [1.807, 2.05) is 44.2 Å². The van der Waals surface area contributed by atoms with Crippen LogP contribution in [0.5, 0.6) is 5.75 Å². The molecule has 11 N–H and O–H groups in total. The molecule has 0 unspecified atom stereocenters. The summed E-state index contributed by atoms with van der Waals surface area (Å²) in [6.45, 7) is 4.45. The number of hydrogen-bond acceptors (Lipinski definition) is 9. The molecule has 0 saturated carbocycles. The predicted octanol–water partition coefficient (Wildman–Crippen LogP) is 1.46. The number of guanidine groups is 1. The second-order valence-electron chi connectivity index (χ2n) is 10.8. The van der Waals surface area contributed by atoms with E-state index in [0.717, 1.165) is 22.3 Å². The van der Waals surface area contributed by atoms with Crippen LogP contribution >= 0.6 is 0 Å². The van der Waals surface area contributed by atoms with Crippen LogP contribution in [0, 0.1) is 25.7 Å². The van der Waals surface area contributed by atoms with E-state index >= 15 is 0 Å². The number of amides is 2. The summed E-state index contributed by atoms with van der Waals surface area (Å²) in [6.07, 6.45) is 5.63. The zero-order valence-electron chi connectivity index (χ0n) is 26.2. The summed E-state index contributed by atoms with van der Waals surface area (Å²) in [5, 5.41) is 19.6. The maximum atomic E-state index is 13.8. The normalized spacial score (nSPS) is 12.9. The Hall–Kier alpha value is -5.19. The van der Waals surface area contributed by atoms with Gasteiger partial charge in [-0.25, -0.2) is 0 Å². The number of phenolic OH excluding ortho intramolecular Hbond substituents is 1. The number of carbonyl (C=O) groups excluding carboxylic acids is 2. The molecule has 13 nitrogen and oxygen atoms in total. The lowest BCUT2D eigenvalue weighted by Crippen LogP contribution is -2.51. The molecule has 2 amide bonds. The molecule has 1 heterocycles. The molecular formula is C33H43N9O4. The van der Waals surface area contributed by atoms with E-state index in [9.17, 15) is 14.7 Å². The molecule has 13 heteroatoms. The predicted molar refractivity (Wildman–Crippen MR) is 177 cm³/mol. The van der Waals surface area contributed by atoms with Crippen molar-refractivity contribution in [2.24, 2.45) is 27.9 Å². The van der Waals surface area contributed by atoms with Crippen molar-refractivity contribution in [2.75, 3.05) is 13.1 Å². The average Bonchev–Trinajstić information content (AvgIpc) is 3.48. The standard InChI is InChI=1S/C33H43N9O4/c1-21-18-24(43)19-22(2)25(21)14-15-27(39-30(44)26(35)12-9-17-38-33(36)37)31(45)40-28(13-7-4-8-16-34)32-41-29(42-46-32)20-23-10-5-3-6-11-23/h3,5-6,10-11,14-15,18-19,26-28,43H,4,8-9,12,16-17,20,34-35H2,1-2H3,(H,39,44)(H,40,45)(H4,36,37,38)/b15-14+/t26-,27-,28+/m0/s1. The van der Waals surface area contributed by atoms with Gasteiger partial charge in [0.25, 0.3) is 5.89 Å². The van der Waals surface area contributed by atoms with E-state index in [1.165, 1.54) is 0 Å². The fourth-order valence-corrected chi connectivity index (χ4v) is 4.51. The lowest BCUT2D eigenvalue weighted by molar-refractivity contribution is -0.128. The number of aromatic hydroxyl groups is 1. The molecule has 3 atom stereocenters. The van der Waals surface area contributed by atoms with Crippen molar-refractivity contribution in [3.05, 3.63) is 82.5 Å². The summed E-state index contributed by atoms with van der Waals surface area (Å²) in [6, 6.07) is 9.85. The van der Waals surface area contributed by atoms with Crippen LogP contribution in [0.25, 0.3) is 6.08 Å². The summed E-state index contributed by atoms with van der Waals surface area (Å²) in [7, 11) is 0. The minimum absolute atomic E-state index is 0.0474. The first kappa shape index (κ1) is 35.3. The lowest BCUT2D eigenvalue weighted by atomic mass is 10.0. The summed E-state index contributed by atoms with van der Waals surface area (Å²) < 4.78 is 5.52. The van der Waals surface area contributed by atoms with E-state index in [2.05, 4.69) is 37.6 Å². The highest BCUT2D eigenvalue weighted by molar-refractivity contribution is 5.92. The van der Waals surface area contributed by atoms with Crippen LogP contribution in [0.2, 0.25) is 0 Å². The van der Waals surface area contributed by atoms with Gasteiger partial charge >= 0.3 is 0 Å². The van der Waals surface area contributed by atoms with Crippen LogP contribution in [0.4, 0.5) is 0 Å². The van der Waals surface area contributed by atoms with Gasteiger partial charge in [0.2, 0.25) is 11.8 Å². The Kier molecular flexibility index (Phi) is 13.8. The van der Waals surface area contributed by atoms with Crippen LogP contribution in [0.15, 0.2) is 58.1 Å². The third-order valence-electron chi connectivity index (χ3n) is 6.89. The highest BCUT2D eigenvalue weighted by Crippen LogP contribution is 2.22. The van der Waals surface area contributed by atoms with E-state index in [-0.39, 0.29) is 24.0 Å². The summed E-state index contributed by atoms with van der Waals surface area (Å²) in [4.78, 5) is 35.3. The molecule has 0 radical (unpaired) electrons. The average molecular weight is 630 g/mol. The number of benzene rings is 2. The number of nitrogens with two attached hydrogens (primary N) is 4. The Balaban J connectivity index is 1.86. The number of hydrogen-bond donors (Lipinski definition) is 7. The van der Waals surface area contributed by atoms with Crippen LogP contribution in [-0.4, -0.2) is 58.2 Å². The highest BCUT2D eigenvalue weighted by Gasteiger charge is 2.26. The lowest BCUT2D eigenvalue weighted by Gasteiger charge is -2.20. The van der Waals surface area contributed by atoms with Crippen molar-refractivity contribution in [1.29, 1.82) is 0 Å². The smallest absolute Gasteiger partial charge is 0.261 e. The molecule has 0 saturated heterocycles. The van der Waals surface area contributed by atoms with Crippen LogP contribution in [0.1, 0.15) is 65.7 Å². The largest absolute Gasteiger partial charge is 0.508 e. The second-order valence-corrected chi connectivity index (χ2v) is 10.8. The first-order valence-electron chi connectivity index (χ1n) is 15.0. The number of aliphatic imine (C=N–C) groups is 1. The Bertz CT molecular complexity index is 1550. The molecular weight excluding hydrogens is 586 g/mol. The monoisotopic (exact) mass is 629 g/mol. The third-order valence-corrected chi connectivity index (χ3v) is 6.89. The summed E-state index contributed by atoms with van der Waals surface area (Å²) >= 11 is 0. The van der Waals surface area contributed by atoms with E-state index in [0.29, 0.717) is 44.6 Å². The molecule has 0 aliphatic rings. The van der Waals surface area contributed by atoms with Crippen LogP contribution in [-0.2, 0) is 16.0 Å². The molecule has 2 aromatic carbocycles. The van der Waals surface area contributed by atoms with Gasteiger partial charge < -0.3 is 43.2 Å². The summed E-state index contributed by atoms with van der Waals surface area (Å²) in [5.41, 5.74) is 25.8. The minimum atomic E-state index is -1.15. The molecule has 0 bridgehead atoms. The maximum Gasteiger partial charge on any atom is 0.261 e. The van der Waals surface area contributed by atoms with E-state index in [4.69, 9.17) is 27.5 Å². The summed E-state index contributed by atoms with van der Waals surface area (Å²) in [5.74, 6) is 5.51. The van der Waals surface area contributed by atoms with Gasteiger partial charge in [-0.15, -0.1) is 5.92 Å². The quantitative estimate of drug-likeness (QED) is 0.0553. The van der Waals surface area contributed by atoms with E-state index < -0.39 is 29.9 Å². The molecule has 0 aliphatic heterocycles. The topological polar surface area (TPSA) is 234 Å². The van der Waals surface area contributed by atoms with Gasteiger partial charge in [0.05, 0.1) is 6.04 Å². The Morgan fingerprint density at radius 2 is 1.80 bits per heavy atom. The van der Waals surface area contributed by atoms with Gasteiger partial charge in [0.15, 0.2) is 17.8 Å². The number of aryl methyl sites for hydroxylation is 2. The number of rotatable bonds is 15. The Morgan fingerprint density at radius 1 is 1.09 bits per heavy atom. The zero-order valence-corrected chi connectivity index (χ0v) is 26.2. The SMILES string of the molecule is Cc1cc(O)cc(C)c1/C=C/[C@H](NC(=O)[C@@H](N)CCCN=C(N)N)C(=O)N[C@H](C#CCCCN)c1nc(Cc2ccccc2)no1. The van der Waals surface area contributed by atoms with Gasteiger partial charge in [-0.3, -0.25) is 14.6 Å². The third kappa shape index (κ3) is 11.4. The molecule has 46 heavy (non-hydrogen) atoms. The molecule has 3 rings (SSSR count). The zero-order chi connectivity index (χ0) is 33.5. The van der Waals surface area contributed by atoms with Crippen molar-refractivity contribution in [3.63, 3.8) is 0 Å². The molecule has 244 valence electrons. The fraction of sp³-hybridized carbons (Fsp3) is 0.364. The molecule has 0 fully saturated rings. The molecule has 0 aliphatic carbocycles. The van der Waals surface area contributed by atoms with Gasteiger partial charge in [-0.05, 0) is 74.0 Å². The molecule has 3 aromatic rings. The first-order chi connectivity index (χ1) is 22.1. The second kappa shape index (κ2) is 17.9. The van der Waals surface area contributed by atoms with Crippen LogP contribution < -0.4 is 33.6 Å². The number of phenols is 1. The van der Waals surface area contributed by atoms with E-state index in [1.54, 1.807) is 24.3 Å². The number of unbranched alkanes of at least 4 members (excludes halogenated alkanes) is 1. The number of carbonyl (C=O) groups is 2. The van der Waals surface area contributed by atoms with Gasteiger partial charge in [-0.1, -0.05) is 53.6 Å². The van der Waals surface area contributed by atoms with Crippen molar-refractivity contribution >= 4 is 23.8 Å². The molecule has 1 aromatic heterocycles. The van der Waals surface area contributed by atoms with Gasteiger partial charge in [0, 0.05) is 19.4 Å².